The topological polar surface area (TPSA) is 74.7 Å². The van der Waals surface area contributed by atoms with Crippen molar-refractivity contribution >= 4 is 5.91 Å². The van der Waals surface area contributed by atoms with Gasteiger partial charge in [-0.2, -0.15) is 0 Å². The van der Waals surface area contributed by atoms with Crippen molar-refractivity contribution in [2.24, 2.45) is 5.92 Å². The van der Waals surface area contributed by atoms with Crippen LogP contribution in [0.4, 0.5) is 4.39 Å². The number of morpholine rings is 2. The zero-order chi connectivity index (χ0) is 24.3. The van der Waals surface area contributed by atoms with Gasteiger partial charge in [0.25, 0.3) is 5.91 Å². The van der Waals surface area contributed by atoms with Crippen LogP contribution in [0.15, 0.2) is 24.3 Å². The summed E-state index contributed by atoms with van der Waals surface area (Å²) >= 11 is 0. The van der Waals surface area contributed by atoms with E-state index in [9.17, 15) is 14.3 Å². The first-order valence-electron chi connectivity index (χ1n) is 12.4. The Kier molecular flexibility index (Phi) is 11.2. The van der Waals surface area contributed by atoms with Crippen molar-refractivity contribution in [3.63, 3.8) is 0 Å². The third-order valence-corrected chi connectivity index (χ3v) is 6.06. The summed E-state index contributed by atoms with van der Waals surface area (Å²) < 4.78 is 31.3. The first-order valence-corrected chi connectivity index (χ1v) is 12.4. The number of β-amino-alcohol motifs (C(OH)–C–C–N with tert-alkyl or cyclic N) is 1. The lowest BCUT2D eigenvalue weighted by Crippen LogP contribution is -2.52. The van der Waals surface area contributed by atoms with Crippen molar-refractivity contribution in [1.82, 2.24) is 14.7 Å². The normalized spacial score (nSPS) is 21.0. The number of benzene rings is 1. The van der Waals surface area contributed by atoms with E-state index < -0.39 is 11.9 Å². The molecule has 0 radical (unpaired) electrons. The van der Waals surface area contributed by atoms with Crippen molar-refractivity contribution in [3.05, 3.63) is 35.6 Å². The molecule has 2 unspecified atom stereocenters. The second kappa shape index (κ2) is 14.1. The number of aliphatic hydroxyl groups is 1. The van der Waals surface area contributed by atoms with E-state index in [0.717, 1.165) is 13.1 Å². The smallest absolute Gasteiger partial charge is 0.256 e. The van der Waals surface area contributed by atoms with Crippen LogP contribution in [0.2, 0.25) is 0 Å². The molecule has 1 aromatic carbocycles. The SMILES string of the molecule is CC(C)COCC(O)CN1CCOC(CN(CCN2CCOCC2)C(=O)c2ccccc2F)C1. The standard InChI is InChI=1S/C25H40FN3O5/c1-20(2)18-33-19-21(30)15-28-11-14-34-22(16-28)17-29(8-7-27-9-12-32-13-10-27)25(31)23-5-3-4-6-24(23)26/h3-6,20-22,30H,7-19H2,1-2H3. The highest BCUT2D eigenvalue weighted by Crippen LogP contribution is 2.14. The van der Waals surface area contributed by atoms with Gasteiger partial charge in [-0.15, -0.1) is 0 Å². The molecule has 3 rings (SSSR count). The third-order valence-electron chi connectivity index (χ3n) is 6.06. The molecule has 2 fully saturated rings. The van der Waals surface area contributed by atoms with E-state index in [1.54, 1.807) is 17.0 Å². The zero-order valence-corrected chi connectivity index (χ0v) is 20.5. The van der Waals surface area contributed by atoms with Crippen LogP contribution in [0, 0.1) is 11.7 Å². The minimum absolute atomic E-state index is 0.0786. The number of amides is 1. The van der Waals surface area contributed by atoms with E-state index in [1.165, 1.54) is 12.1 Å². The Bertz CT molecular complexity index is 747. The highest BCUT2D eigenvalue weighted by molar-refractivity contribution is 5.94. The molecule has 1 amide bonds. The van der Waals surface area contributed by atoms with Gasteiger partial charge in [-0.3, -0.25) is 14.6 Å². The second-order valence-corrected chi connectivity index (χ2v) is 9.52. The van der Waals surface area contributed by atoms with Gasteiger partial charge in [0, 0.05) is 59.0 Å². The minimum atomic E-state index is -0.574. The van der Waals surface area contributed by atoms with Crippen molar-refractivity contribution in [2.75, 3.05) is 85.4 Å². The van der Waals surface area contributed by atoms with Crippen LogP contribution < -0.4 is 0 Å². The van der Waals surface area contributed by atoms with Crippen LogP contribution in [0.5, 0.6) is 0 Å². The molecule has 192 valence electrons. The van der Waals surface area contributed by atoms with Crippen molar-refractivity contribution in [2.45, 2.75) is 26.1 Å². The van der Waals surface area contributed by atoms with Gasteiger partial charge in [-0.05, 0) is 18.1 Å². The van der Waals surface area contributed by atoms with E-state index in [0.29, 0.717) is 78.2 Å². The Morgan fingerprint density at radius 3 is 2.65 bits per heavy atom. The molecule has 1 N–H and O–H groups in total. The monoisotopic (exact) mass is 481 g/mol. The molecule has 2 aliphatic heterocycles. The number of hydrogen-bond acceptors (Lipinski definition) is 7. The molecule has 1 aromatic rings. The van der Waals surface area contributed by atoms with Gasteiger partial charge in [-0.1, -0.05) is 26.0 Å². The Hall–Kier alpha value is -1.62. The molecule has 2 aliphatic rings. The summed E-state index contributed by atoms with van der Waals surface area (Å²) in [5, 5.41) is 10.3. The molecule has 0 aromatic heterocycles. The molecular weight excluding hydrogens is 441 g/mol. The van der Waals surface area contributed by atoms with Crippen LogP contribution in [0.25, 0.3) is 0 Å². The van der Waals surface area contributed by atoms with Crippen molar-refractivity contribution in [1.29, 1.82) is 0 Å². The maximum Gasteiger partial charge on any atom is 0.256 e. The number of aliphatic hydroxyl groups excluding tert-OH is 1. The van der Waals surface area contributed by atoms with E-state index in [-0.39, 0.29) is 17.6 Å². The van der Waals surface area contributed by atoms with Gasteiger partial charge in [0.1, 0.15) is 5.82 Å². The van der Waals surface area contributed by atoms with E-state index in [1.807, 2.05) is 0 Å². The second-order valence-electron chi connectivity index (χ2n) is 9.52. The fourth-order valence-corrected chi connectivity index (χ4v) is 4.26. The number of nitrogens with zero attached hydrogens (tertiary/aromatic N) is 3. The maximum atomic E-state index is 14.4. The molecule has 0 bridgehead atoms. The summed E-state index contributed by atoms with van der Waals surface area (Å²) in [5.41, 5.74) is 0.0786. The number of halogens is 1. The van der Waals surface area contributed by atoms with E-state index in [2.05, 4.69) is 23.6 Å². The Labute approximate surface area is 202 Å². The molecule has 2 saturated heterocycles. The lowest BCUT2D eigenvalue weighted by Gasteiger charge is -2.37. The first kappa shape index (κ1) is 27.0. The van der Waals surface area contributed by atoms with Crippen molar-refractivity contribution in [3.8, 4) is 0 Å². The molecule has 8 nitrogen and oxygen atoms in total. The Balaban J connectivity index is 1.57. The highest BCUT2D eigenvalue weighted by atomic mass is 19.1. The van der Waals surface area contributed by atoms with Crippen molar-refractivity contribution < 1.29 is 28.5 Å². The van der Waals surface area contributed by atoms with E-state index in [4.69, 9.17) is 14.2 Å². The quantitative estimate of drug-likeness (QED) is 0.483. The fraction of sp³-hybridized carbons (Fsp3) is 0.720. The largest absolute Gasteiger partial charge is 0.389 e. The third kappa shape index (κ3) is 8.87. The van der Waals surface area contributed by atoms with Crippen LogP contribution in [-0.2, 0) is 14.2 Å². The van der Waals surface area contributed by atoms with Gasteiger partial charge >= 0.3 is 0 Å². The Morgan fingerprint density at radius 2 is 1.91 bits per heavy atom. The van der Waals surface area contributed by atoms with Gasteiger partial charge in [0.2, 0.25) is 0 Å². The van der Waals surface area contributed by atoms with Gasteiger partial charge in [-0.25, -0.2) is 4.39 Å². The fourth-order valence-electron chi connectivity index (χ4n) is 4.26. The van der Waals surface area contributed by atoms with Crippen LogP contribution in [0.1, 0.15) is 24.2 Å². The minimum Gasteiger partial charge on any atom is -0.389 e. The van der Waals surface area contributed by atoms with Gasteiger partial charge in [0.15, 0.2) is 0 Å². The highest BCUT2D eigenvalue weighted by Gasteiger charge is 2.28. The molecule has 9 heteroatoms. The number of carbonyl (C=O) groups excluding carboxylic acids is 1. The summed E-state index contributed by atoms with van der Waals surface area (Å²) in [5.74, 6) is -0.413. The first-order chi connectivity index (χ1) is 16.4. The van der Waals surface area contributed by atoms with Crippen LogP contribution in [0.3, 0.4) is 0 Å². The summed E-state index contributed by atoms with van der Waals surface area (Å²) in [6.07, 6.45) is -0.784. The predicted molar refractivity (Wildman–Crippen MR) is 127 cm³/mol. The molecule has 0 aliphatic carbocycles. The summed E-state index contributed by atoms with van der Waals surface area (Å²) in [4.78, 5) is 19.4. The molecule has 34 heavy (non-hydrogen) atoms. The van der Waals surface area contributed by atoms with Gasteiger partial charge in [0.05, 0.1) is 44.2 Å². The predicted octanol–water partition coefficient (Wildman–Crippen LogP) is 1.33. The maximum absolute atomic E-state index is 14.4. The average Bonchev–Trinajstić information content (AvgIpc) is 2.82. The molecule has 0 saturated carbocycles. The molecule has 2 heterocycles. The van der Waals surface area contributed by atoms with E-state index >= 15 is 0 Å². The molecule has 2 atom stereocenters. The lowest BCUT2D eigenvalue weighted by molar-refractivity contribution is -0.0604. The summed E-state index contributed by atoms with van der Waals surface area (Å²) in [6, 6.07) is 6.11. The van der Waals surface area contributed by atoms with Crippen LogP contribution in [-0.4, -0.2) is 123 Å². The number of ether oxygens (including phenoxy) is 3. The zero-order valence-electron chi connectivity index (χ0n) is 20.5. The van der Waals surface area contributed by atoms with Crippen LogP contribution >= 0.6 is 0 Å². The number of carbonyl (C=O) groups is 1. The van der Waals surface area contributed by atoms with Gasteiger partial charge < -0.3 is 24.2 Å². The summed E-state index contributed by atoms with van der Waals surface area (Å²) in [6.45, 7) is 12.0. The lowest BCUT2D eigenvalue weighted by atomic mass is 10.1. The molecule has 0 spiro atoms. The number of hydrogen-bond donors (Lipinski definition) is 1. The molecular formula is C25H40FN3O5. The summed E-state index contributed by atoms with van der Waals surface area (Å²) in [7, 11) is 0. The number of rotatable bonds is 12. The average molecular weight is 482 g/mol. The Morgan fingerprint density at radius 1 is 1.18 bits per heavy atom.